The molecule has 128 valence electrons. The number of guanidine groups is 1. The van der Waals surface area contributed by atoms with Crippen LogP contribution in [0, 0.1) is 0 Å². The molecule has 0 bridgehead atoms. The molecule has 1 saturated heterocycles. The van der Waals surface area contributed by atoms with E-state index in [0.717, 1.165) is 32.1 Å². The van der Waals surface area contributed by atoms with Crippen LogP contribution < -0.4 is 10.6 Å². The Morgan fingerprint density at radius 1 is 1.04 bits per heavy atom. The summed E-state index contributed by atoms with van der Waals surface area (Å²) in [5.41, 5.74) is 2.68. The van der Waals surface area contributed by atoms with Gasteiger partial charge in [-0.3, -0.25) is 4.90 Å². The number of hydrogen-bond donors (Lipinski definition) is 2. The van der Waals surface area contributed by atoms with Crippen molar-refractivity contribution in [2.24, 2.45) is 4.99 Å². The second-order valence-corrected chi connectivity index (χ2v) is 6.28. The number of benzene rings is 1. The van der Waals surface area contributed by atoms with Crippen molar-refractivity contribution >= 4 is 5.96 Å². The highest BCUT2D eigenvalue weighted by molar-refractivity contribution is 5.79. The maximum atomic E-state index is 4.67. The molecule has 0 atom stereocenters. The maximum absolute atomic E-state index is 4.67. The Morgan fingerprint density at radius 3 is 2.39 bits per heavy atom. The largest absolute Gasteiger partial charge is 0.357 e. The van der Waals surface area contributed by atoms with Gasteiger partial charge in [-0.2, -0.15) is 0 Å². The maximum Gasteiger partial charge on any atom is 0.191 e. The summed E-state index contributed by atoms with van der Waals surface area (Å²) in [6.45, 7) is 10.5. The summed E-state index contributed by atoms with van der Waals surface area (Å²) in [4.78, 5) is 7.21. The van der Waals surface area contributed by atoms with Gasteiger partial charge in [-0.1, -0.05) is 37.6 Å². The Morgan fingerprint density at radius 2 is 1.74 bits per heavy atom. The summed E-state index contributed by atoms with van der Waals surface area (Å²) >= 11 is 0. The molecular formula is C19H32N4. The third-order valence-electron chi connectivity index (χ3n) is 4.21. The predicted molar refractivity (Wildman–Crippen MR) is 98.7 cm³/mol. The van der Waals surface area contributed by atoms with Gasteiger partial charge in [0, 0.05) is 19.6 Å². The highest BCUT2D eigenvalue weighted by atomic mass is 15.2. The fraction of sp³-hybridized carbons (Fsp3) is 0.632. The van der Waals surface area contributed by atoms with Gasteiger partial charge in [-0.05, 0) is 50.4 Å². The number of nitrogens with zero attached hydrogens (tertiary/aromatic N) is 2. The minimum Gasteiger partial charge on any atom is -0.357 e. The van der Waals surface area contributed by atoms with Crippen molar-refractivity contribution in [3.8, 4) is 0 Å². The standard InChI is InChI=1S/C19H32N4/c1-3-5-12-21-19(20-4-2)22-15-17-8-10-18(11-9-17)16-23-13-6-7-14-23/h8-11H,3-7,12-16H2,1-2H3,(H2,20,21,22). The summed E-state index contributed by atoms with van der Waals surface area (Å²) in [5.74, 6) is 0.919. The lowest BCUT2D eigenvalue weighted by Crippen LogP contribution is -2.37. The first-order valence-corrected chi connectivity index (χ1v) is 9.14. The molecule has 0 unspecified atom stereocenters. The van der Waals surface area contributed by atoms with E-state index in [4.69, 9.17) is 0 Å². The molecule has 23 heavy (non-hydrogen) atoms. The molecule has 4 nitrogen and oxygen atoms in total. The van der Waals surface area contributed by atoms with E-state index >= 15 is 0 Å². The molecule has 1 fully saturated rings. The monoisotopic (exact) mass is 316 g/mol. The van der Waals surface area contributed by atoms with Gasteiger partial charge in [0.2, 0.25) is 0 Å². The number of rotatable bonds is 8. The van der Waals surface area contributed by atoms with E-state index in [9.17, 15) is 0 Å². The van der Waals surface area contributed by atoms with Crippen LogP contribution in [0.3, 0.4) is 0 Å². The molecule has 1 aromatic carbocycles. The number of likely N-dealkylation sites (tertiary alicyclic amines) is 1. The first-order chi connectivity index (χ1) is 11.3. The molecule has 0 aliphatic carbocycles. The zero-order chi connectivity index (χ0) is 16.3. The number of hydrogen-bond acceptors (Lipinski definition) is 2. The molecule has 0 amide bonds. The fourth-order valence-electron chi connectivity index (χ4n) is 2.84. The van der Waals surface area contributed by atoms with Crippen LogP contribution in [0.5, 0.6) is 0 Å². The van der Waals surface area contributed by atoms with Gasteiger partial charge in [0.05, 0.1) is 6.54 Å². The van der Waals surface area contributed by atoms with Crippen molar-refractivity contribution in [2.75, 3.05) is 26.2 Å². The van der Waals surface area contributed by atoms with Crippen LogP contribution in [0.15, 0.2) is 29.3 Å². The van der Waals surface area contributed by atoms with E-state index in [-0.39, 0.29) is 0 Å². The van der Waals surface area contributed by atoms with E-state index in [1.807, 2.05) is 0 Å². The van der Waals surface area contributed by atoms with E-state index in [0.29, 0.717) is 0 Å². The van der Waals surface area contributed by atoms with Gasteiger partial charge in [0.15, 0.2) is 5.96 Å². The minimum atomic E-state index is 0.728. The Kier molecular flexibility index (Phi) is 7.95. The van der Waals surface area contributed by atoms with Gasteiger partial charge in [0.1, 0.15) is 0 Å². The number of aliphatic imine (C=N–C) groups is 1. The quantitative estimate of drug-likeness (QED) is 0.440. The van der Waals surface area contributed by atoms with Crippen LogP contribution in [-0.4, -0.2) is 37.0 Å². The van der Waals surface area contributed by atoms with Crippen LogP contribution >= 0.6 is 0 Å². The Bertz CT molecular complexity index is 461. The topological polar surface area (TPSA) is 39.7 Å². The van der Waals surface area contributed by atoms with E-state index in [1.165, 1.54) is 49.9 Å². The zero-order valence-corrected chi connectivity index (χ0v) is 14.8. The Balaban J connectivity index is 1.83. The predicted octanol–water partition coefficient (Wildman–Crippen LogP) is 3.14. The van der Waals surface area contributed by atoms with Crippen LogP contribution in [0.1, 0.15) is 50.7 Å². The van der Waals surface area contributed by atoms with Crippen molar-refractivity contribution < 1.29 is 0 Å². The van der Waals surface area contributed by atoms with Crippen LogP contribution in [0.4, 0.5) is 0 Å². The molecule has 4 heteroatoms. The molecule has 1 aromatic rings. The van der Waals surface area contributed by atoms with Crippen molar-refractivity contribution in [3.63, 3.8) is 0 Å². The van der Waals surface area contributed by atoms with Crippen LogP contribution in [0.25, 0.3) is 0 Å². The SMILES string of the molecule is CCCCNC(=NCc1ccc(CN2CCCC2)cc1)NCC. The molecule has 1 aliphatic rings. The molecular weight excluding hydrogens is 284 g/mol. The summed E-state index contributed by atoms with van der Waals surface area (Å²) in [6.07, 6.45) is 5.08. The average Bonchev–Trinajstić information content (AvgIpc) is 3.07. The second-order valence-electron chi connectivity index (χ2n) is 6.28. The number of unbranched alkanes of at least 4 members (excludes halogenated alkanes) is 1. The molecule has 1 heterocycles. The van der Waals surface area contributed by atoms with Crippen LogP contribution in [-0.2, 0) is 13.1 Å². The Hall–Kier alpha value is -1.55. The zero-order valence-electron chi connectivity index (χ0n) is 14.8. The lowest BCUT2D eigenvalue weighted by atomic mass is 10.1. The van der Waals surface area contributed by atoms with Crippen molar-refractivity contribution in [1.82, 2.24) is 15.5 Å². The van der Waals surface area contributed by atoms with E-state index in [1.54, 1.807) is 0 Å². The van der Waals surface area contributed by atoms with Gasteiger partial charge in [-0.25, -0.2) is 4.99 Å². The summed E-state index contributed by atoms with van der Waals surface area (Å²) < 4.78 is 0. The molecule has 0 saturated carbocycles. The lowest BCUT2D eigenvalue weighted by Gasteiger charge is -2.14. The van der Waals surface area contributed by atoms with Gasteiger partial charge in [0.25, 0.3) is 0 Å². The second kappa shape index (κ2) is 10.3. The van der Waals surface area contributed by atoms with Crippen molar-refractivity contribution in [3.05, 3.63) is 35.4 Å². The van der Waals surface area contributed by atoms with Crippen molar-refractivity contribution in [1.29, 1.82) is 0 Å². The molecule has 0 spiro atoms. The first kappa shape index (κ1) is 17.8. The first-order valence-electron chi connectivity index (χ1n) is 9.14. The summed E-state index contributed by atoms with van der Waals surface area (Å²) in [6, 6.07) is 8.93. The summed E-state index contributed by atoms with van der Waals surface area (Å²) in [7, 11) is 0. The van der Waals surface area contributed by atoms with Gasteiger partial charge in [-0.15, -0.1) is 0 Å². The van der Waals surface area contributed by atoms with E-state index in [2.05, 4.69) is 58.6 Å². The highest BCUT2D eigenvalue weighted by Gasteiger charge is 2.11. The fourth-order valence-corrected chi connectivity index (χ4v) is 2.84. The smallest absolute Gasteiger partial charge is 0.191 e. The molecule has 0 aromatic heterocycles. The molecule has 0 radical (unpaired) electrons. The third-order valence-corrected chi connectivity index (χ3v) is 4.21. The van der Waals surface area contributed by atoms with Crippen LogP contribution in [0.2, 0.25) is 0 Å². The van der Waals surface area contributed by atoms with Gasteiger partial charge >= 0.3 is 0 Å². The highest BCUT2D eigenvalue weighted by Crippen LogP contribution is 2.13. The normalized spacial score (nSPS) is 15.8. The lowest BCUT2D eigenvalue weighted by molar-refractivity contribution is 0.331. The number of nitrogens with one attached hydrogen (secondary N) is 2. The third kappa shape index (κ3) is 6.61. The average molecular weight is 316 g/mol. The molecule has 2 rings (SSSR count). The minimum absolute atomic E-state index is 0.728. The molecule has 2 N–H and O–H groups in total. The molecule has 1 aliphatic heterocycles. The summed E-state index contributed by atoms with van der Waals surface area (Å²) in [5, 5.41) is 6.69. The Labute approximate surface area is 141 Å². The van der Waals surface area contributed by atoms with Gasteiger partial charge < -0.3 is 10.6 Å². The van der Waals surface area contributed by atoms with Crippen molar-refractivity contribution in [2.45, 2.75) is 52.6 Å². The van der Waals surface area contributed by atoms with E-state index < -0.39 is 0 Å².